The van der Waals surface area contributed by atoms with Gasteiger partial charge in [0, 0.05) is 12.1 Å². The summed E-state index contributed by atoms with van der Waals surface area (Å²) in [6.07, 6.45) is 1.00. The lowest BCUT2D eigenvalue weighted by molar-refractivity contribution is 0.723. The first-order chi connectivity index (χ1) is 11.8. The van der Waals surface area contributed by atoms with Gasteiger partial charge in [0.15, 0.2) is 0 Å². The van der Waals surface area contributed by atoms with Gasteiger partial charge in [-0.1, -0.05) is 72.8 Å². The molecule has 4 rings (SSSR count). The molecular formula is C22H20N2. The van der Waals surface area contributed by atoms with Crippen molar-refractivity contribution in [2.75, 3.05) is 0 Å². The Morgan fingerprint density at radius 1 is 0.792 bits per heavy atom. The zero-order valence-electron chi connectivity index (χ0n) is 13.8. The van der Waals surface area contributed by atoms with Crippen LogP contribution in [0.3, 0.4) is 0 Å². The Bertz CT molecular complexity index is 953. The number of imidazole rings is 1. The number of rotatable bonds is 4. The molecule has 0 radical (unpaired) electrons. The second kappa shape index (κ2) is 6.32. The van der Waals surface area contributed by atoms with E-state index in [-0.39, 0.29) is 0 Å². The number of hydrogen-bond acceptors (Lipinski definition) is 1. The number of para-hydroxylation sites is 1. The van der Waals surface area contributed by atoms with E-state index in [0.717, 1.165) is 24.3 Å². The van der Waals surface area contributed by atoms with Crippen molar-refractivity contribution in [2.24, 2.45) is 0 Å². The molecule has 0 aliphatic heterocycles. The number of aryl methyl sites for hydroxylation is 3. The van der Waals surface area contributed by atoms with Crippen molar-refractivity contribution in [1.29, 1.82) is 0 Å². The van der Waals surface area contributed by atoms with Gasteiger partial charge in [0.2, 0.25) is 0 Å². The van der Waals surface area contributed by atoms with Gasteiger partial charge in [0.05, 0.1) is 11.0 Å². The second-order valence-electron chi connectivity index (χ2n) is 6.13. The fourth-order valence-corrected chi connectivity index (χ4v) is 3.21. The summed E-state index contributed by atoms with van der Waals surface area (Å²) in [7, 11) is 0. The monoisotopic (exact) mass is 312 g/mol. The number of benzene rings is 3. The van der Waals surface area contributed by atoms with E-state index in [2.05, 4.69) is 84.3 Å². The minimum Gasteiger partial charge on any atom is -0.324 e. The summed E-state index contributed by atoms with van der Waals surface area (Å²) in [5.41, 5.74) is 6.06. The highest BCUT2D eigenvalue weighted by molar-refractivity contribution is 5.83. The molecule has 1 heterocycles. The third-order valence-electron chi connectivity index (χ3n) is 4.48. The van der Waals surface area contributed by atoms with Gasteiger partial charge in [-0.25, -0.2) is 4.98 Å². The Morgan fingerprint density at radius 3 is 2.25 bits per heavy atom. The van der Waals surface area contributed by atoms with Gasteiger partial charge in [0.25, 0.3) is 0 Å². The minimum absolute atomic E-state index is 0.925. The van der Waals surface area contributed by atoms with E-state index in [1.165, 1.54) is 22.2 Å². The van der Waals surface area contributed by atoms with Crippen molar-refractivity contribution in [3.63, 3.8) is 0 Å². The topological polar surface area (TPSA) is 17.8 Å². The molecule has 0 aliphatic rings. The molecule has 4 aromatic rings. The van der Waals surface area contributed by atoms with Crippen molar-refractivity contribution < 1.29 is 0 Å². The molecule has 118 valence electrons. The minimum atomic E-state index is 0.925. The van der Waals surface area contributed by atoms with Crippen molar-refractivity contribution in [1.82, 2.24) is 9.55 Å². The molecule has 3 aromatic carbocycles. The SMILES string of the molecule is Cc1cccc2c1nc(-c1ccccc1)n2CCc1ccccc1. The molecule has 2 heteroatoms. The molecular weight excluding hydrogens is 292 g/mol. The predicted octanol–water partition coefficient (Wildman–Crippen LogP) is 5.25. The maximum atomic E-state index is 4.96. The van der Waals surface area contributed by atoms with Gasteiger partial charge in [-0.2, -0.15) is 0 Å². The van der Waals surface area contributed by atoms with Crippen LogP contribution in [0.15, 0.2) is 78.9 Å². The summed E-state index contributed by atoms with van der Waals surface area (Å²) in [6.45, 7) is 3.06. The Hall–Kier alpha value is -2.87. The van der Waals surface area contributed by atoms with Crippen molar-refractivity contribution >= 4 is 11.0 Å². The normalized spacial score (nSPS) is 11.0. The zero-order chi connectivity index (χ0) is 16.4. The molecule has 0 atom stereocenters. The molecule has 2 nitrogen and oxygen atoms in total. The van der Waals surface area contributed by atoms with Crippen molar-refractivity contribution in [2.45, 2.75) is 19.9 Å². The predicted molar refractivity (Wildman–Crippen MR) is 100 cm³/mol. The van der Waals surface area contributed by atoms with Crippen LogP contribution in [0.5, 0.6) is 0 Å². The van der Waals surface area contributed by atoms with E-state index in [1.807, 2.05) is 6.07 Å². The number of hydrogen-bond donors (Lipinski definition) is 0. The number of nitrogens with zero attached hydrogens (tertiary/aromatic N) is 2. The van der Waals surface area contributed by atoms with Gasteiger partial charge in [-0.15, -0.1) is 0 Å². The van der Waals surface area contributed by atoms with Crippen LogP contribution in [0.1, 0.15) is 11.1 Å². The van der Waals surface area contributed by atoms with Crippen LogP contribution in [0.4, 0.5) is 0 Å². The van der Waals surface area contributed by atoms with Gasteiger partial charge >= 0.3 is 0 Å². The van der Waals surface area contributed by atoms with Gasteiger partial charge in [0.1, 0.15) is 5.82 Å². The highest BCUT2D eigenvalue weighted by Crippen LogP contribution is 2.27. The molecule has 0 saturated heterocycles. The number of fused-ring (bicyclic) bond motifs is 1. The highest BCUT2D eigenvalue weighted by Gasteiger charge is 2.13. The maximum absolute atomic E-state index is 4.96. The van der Waals surface area contributed by atoms with Crippen LogP contribution < -0.4 is 0 Å². The third-order valence-corrected chi connectivity index (χ3v) is 4.48. The van der Waals surface area contributed by atoms with E-state index in [9.17, 15) is 0 Å². The first kappa shape index (κ1) is 14.7. The van der Waals surface area contributed by atoms with Crippen LogP contribution in [0.2, 0.25) is 0 Å². The lowest BCUT2D eigenvalue weighted by Crippen LogP contribution is -2.03. The van der Waals surface area contributed by atoms with E-state index < -0.39 is 0 Å². The van der Waals surface area contributed by atoms with Gasteiger partial charge in [-0.3, -0.25) is 0 Å². The molecule has 0 saturated carbocycles. The summed E-state index contributed by atoms with van der Waals surface area (Å²) in [6, 6.07) is 27.5. The average molecular weight is 312 g/mol. The van der Waals surface area contributed by atoms with Crippen molar-refractivity contribution in [3.05, 3.63) is 90.0 Å². The third kappa shape index (κ3) is 2.71. The lowest BCUT2D eigenvalue weighted by Gasteiger charge is -2.10. The molecule has 24 heavy (non-hydrogen) atoms. The Balaban J connectivity index is 1.81. The summed E-state index contributed by atoms with van der Waals surface area (Å²) in [4.78, 5) is 4.96. The molecule has 0 bridgehead atoms. The van der Waals surface area contributed by atoms with Crippen LogP contribution in [-0.2, 0) is 13.0 Å². The fourth-order valence-electron chi connectivity index (χ4n) is 3.21. The largest absolute Gasteiger partial charge is 0.324 e. The smallest absolute Gasteiger partial charge is 0.141 e. The van der Waals surface area contributed by atoms with E-state index in [4.69, 9.17) is 4.98 Å². The fraction of sp³-hybridized carbons (Fsp3) is 0.136. The molecule has 0 spiro atoms. The first-order valence-corrected chi connectivity index (χ1v) is 8.38. The number of aromatic nitrogens is 2. The average Bonchev–Trinajstić information content (AvgIpc) is 3.02. The molecule has 0 unspecified atom stereocenters. The first-order valence-electron chi connectivity index (χ1n) is 8.38. The quantitative estimate of drug-likeness (QED) is 0.503. The Kier molecular flexibility index (Phi) is 3.87. The molecule has 0 aliphatic carbocycles. The summed E-state index contributed by atoms with van der Waals surface area (Å²) in [5, 5.41) is 0. The standard InChI is InChI=1S/C22H20N2/c1-17-9-8-14-20-21(17)23-22(19-12-6-3-7-13-19)24(20)16-15-18-10-4-2-5-11-18/h2-14H,15-16H2,1H3. The van der Waals surface area contributed by atoms with Crippen LogP contribution >= 0.6 is 0 Å². The lowest BCUT2D eigenvalue weighted by atomic mass is 10.1. The second-order valence-corrected chi connectivity index (χ2v) is 6.13. The van der Waals surface area contributed by atoms with Crippen LogP contribution in [-0.4, -0.2) is 9.55 Å². The van der Waals surface area contributed by atoms with E-state index >= 15 is 0 Å². The Morgan fingerprint density at radius 2 is 1.50 bits per heavy atom. The van der Waals surface area contributed by atoms with Gasteiger partial charge < -0.3 is 4.57 Å². The summed E-state index contributed by atoms with van der Waals surface area (Å²) in [5.74, 6) is 1.05. The highest BCUT2D eigenvalue weighted by atomic mass is 15.1. The maximum Gasteiger partial charge on any atom is 0.141 e. The van der Waals surface area contributed by atoms with Gasteiger partial charge in [-0.05, 0) is 30.5 Å². The zero-order valence-corrected chi connectivity index (χ0v) is 13.8. The Labute approximate surface area is 142 Å². The van der Waals surface area contributed by atoms with E-state index in [0.29, 0.717) is 0 Å². The van der Waals surface area contributed by atoms with E-state index in [1.54, 1.807) is 0 Å². The summed E-state index contributed by atoms with van der Waals surface area (Å²) < 4.78 is 2.35. The molecule has 0 N–H and O–H groups in total. The van der Waals surface area contributed by atoms with Crippen molar-refractivity contribution in [3.8, 4) is 11.4 Å². The molecule has 1 aromatic heterocycles. The van der Waals surface area contributed by atoms with Crippen LogP contribution in [0.25, 0.3) is 22.4 Å². The summed E-state index contributed by atoms with van der Waals surface area (Å²) >= 11 is 0. The molecule has 0 fully saturated rings. The van der Waals surface area contributed by atoms with Crippen LogP contribution in [0, 0.1) is 6.92 Å². The molecule has 0 amide bonds.